The highest BCUT2D eigenvalue weighted by molar-refractivity contribution is 6.17. The topological polar surface area (TPSA) is 56.2 Å². The maximum atomic E-state index is 11.5. The Labute approximate surface area is 110 Å². The Morgan fingerprint density at radius 1 is 1.56 bits per heavy atom. The quantitative estimate of drug-likeness (QED) is 0.855. The van der Waals surface area contributed by atoms with Crippen molar-refractivity contribution in [1.29, 1.82) is 0 Å². The molecule has 0 saturated heterocycles. The molecule has 0 aliphatic carbocycles. The van der Waals surface area contributed by atoms with Crippen molar-refractivity contribution in [2.45, 2.75) is 12.4 Å². The molecule has 1 aromatic carbocycles. The fraction of sp³-hybridized carbons (Fsp3) is 0.333. The lowest BCUT2D eigenvalue weighted by atomic mass is 10.3. The molecule has 0 unspecified atom stereocenters. The summed E-state index contributed by atoms with van der Waals surface area (Å²) < 4.78 is 7.05. The Hall–Kier alpha value is -1.75. The Balaban J connectivity index is 2.59. The minimum absolute atomic E-state index is 0.0940. The molecular formula is C12H14ClN3O2. The zero-order valence-corrected chi connectivity index (χ0v) is 11.0. The van der Waals surface area contributed by atoms with Crippen molar-refractivity contribution in [3.63, 3.8) is 0 Å². The number of para-hydroxylation sites is 1. The second kappa shape index (κ2) is 5.27. The van der Waals surface area contributed by atoms with Crippen molar-refractivity contribution in [2.75, 3.05) is 14.2 Å². The van der Waals surface area contributed by atoms with E-state index in [1.807, 2.05) is 18.2 Å². The van der Waals surface area contributed by atoms with Crippen molar-refractivity contribution in [2.24, 2.45) is 0 Å². The summed E-state index contributed by atoms with van der Waals surface area (Å²) in [6, 6.07) is 5.59. The highest BCUT2D eigenvalue weighted by Crippen LogP contribution is 2.26. The van der Waals surface area contributed by atoms with Crippen LogP contribution in [-0.2, 0) is 17.2 Å². The SMILES string of the molecule is CNC(=O)Cn1c(CCl)nc2c(OC)cccc21. The van der Waals surface area contributed by atoms with Crippen LogP contribution in [-0.4, -0.2) is 29.6 Å². The number of rotatable bonds is 4. The van der Waals surface area contributed by atoms with Gasteiger partial charge in [0, 0.05) is 7.05 Å². The first-order valence-electron chi connectivity index (χ1n) is 5.50. The maximum Gasteiger partial charge on any atom is 0.239 e. The zero-order valence-electron chi connectivity index (χ0n) is 10.2. The number of alkyl halides is 1. The van der Waals surface area contributed by atoms with Crippen LogP contribution >= 0.6 is 11.6 Å². The largest absolute Gasteiger partial charge is 0.494 e. The first-order chi connectivity index (χ1) is 8.71. The number of fused-ring (bicyclic) bond motifs is 1. The molecule has 2 rings (SSSR count). The lowest BCUT2D eigenvalue weighted by Crippen LogP contribution is -2.24. The Bertz CT molecular complexity index is 580. The molecule has 0 bridgehead atoms. The number of imidazole rings is 1. The molecule has 0 fully saturated rings. The minimum Gasteiger partial charge on any atom is -0.494 e. The van der Waals surface area contributed by atoms with Crippen molar-refractivity contribution < 1.29 is 9.53 Å². The lowest BCUT2D eigenvalue weighted by molar-refractivity contribution is -0.121. The summed E-state index contributed by atoms with van der Waals surface area (Å²) in [7, 11) is 3.19. The van der Waals surface area contributed by atoms with Crippen LogP contribution in [0.5, 0.6) is 5.75 Å². The molecule has 0 aliphatic rings. The summed E-state index contributed by atoms with van der Waals surface area (Å²) in [5.41, 5.74) is 1.56. The van der Waals surface area contributed by atoms with Gasteiger partial charge in [0.05, 0.1) is 18.5 Å². The van der Waals surface area contributed by atoms with Crippen molar-refractivity contribution >= 4 is 28.5 Å². The van der Waals surface area contributed by atoms with Gasteiger partial charge in [0.2, 0.25) is 5.91 Å². The molecule has 0 atom stereocenters. The smallest absolute Gasteiger partial charge is 0.239 e. The molecule has 1 aromatic heterocycles. The highest BCUT2D eigenvalue weighted by Gasteiger charge is 2.14. The molecule has 96 valence electrons. The van der Waals surface area contributed by atoms with Gasteiger partial charge in [0.1, 0.15) is 23.6 Å². The standard InChI is InChI=1S/C12H14ClN3O2/c1-14-11(17)7-16-8-4-3-5-9(18-2)12(8)15-10(16)6-13/h3-5H,6-7H2,1-2H3,(H,14,17). The number of hydrogen-bond acceptors (Lipinski definition) is 3. The summed E-state index contributed by atoms with van der Waals surface area (Å²) in [6.07, 6.45) is 0. The second-order valence-corrected chi connectivity index (χ2v) is 4.02. The second-order valence-electron chi connectivity index (χ2n) is 3.75. The molecule has 0 aliphatic heterocycles. The molecule has 18 heavy (non-hydrogen) atoms. The molecule has 6 heteroatoms. The molecular weight excluding hydrogens is 254 g/mol. The maximum absolute atomic E-state index is 11.5. The molecule has 0 radical (unpaired) electrons. The number of benzene rings is 1. The van der Waals surface area contributed by atoms with Crippen LogP contribution in [0, 0.1) is 0 Å². The van der Waals surface area contributed by atoms with Crippen molar-refractivity contribution in [1.82, 2.24) is 14.9 Å². The fourth-order valence-electron chi connectivity index (χ4n) is 1.84. The number of carbonyl (C=O) groups excluding carboxylic acids is 1. The third-order valence-electron chi connectivity index (χ3n) is 2.74. The van der Waals surface area contributed by atoms with Crippen molar-refractivity contribution in [3.8, 4) is 5.75 Å². The van der Waals surface area contributed by atoms with E-state index in [-0.39, 0.29) is 18.3 Å². The summed E-state index contributed by atoms with van der Waals surface area (Å²) in [5, 5.41) is 2.59. The number of halogens is 1. The van der Waals surface area contributed by atoms with Gasteiger partial charge in [0.25, 0.3) is 0 Å². The van der Waals surface area contributed by atoms with Crippen LogP contribution in [0.1, 0.15) is 5.82 Å². The van der Waals surface area contributed by atoms with Crippen LogP contribution in [0.3, 0.4) is 0 Å². The molecule has 0 spiro atoms. The molecule has 0 saturated carbocycles. The normalized spacial score (nSPS) is 10.6. The Morgan fingerprint density at radius 3 is 2.94 bits per heavy atom. The van der Waals surface area contributed by atoms with E-state index in [4.69, 9.17) is 16.3 Å². The summed E-state index contributed by atoms with van der Waals surface area (Å²) in [5.74, 6) is 1.48. The van der Waals surface area contributed by atoms with Gasteiger partial charge in [-0.15, -0.1) is 11.6 Å². The first-order valence-corrected chi connectivity index (χ1v) is 6.03. The van der Waals surface area contributed by atoms with Gasteiger partial charge < -0.3 is 14.6 Å². The van der Waals surface area contributed by atoms with Crippen LogP contribution in [0.25, 0.3) is 11.0 Å². The van der Waals surface area contributed by atoms with E-state index in [2.05, 4.69) is 10.3 Å². The molecule has 1 heterocycles. The minimum atomic E-state index is -0.0940. The Morgan fingerprint density at radius 2 is 2.33 bits per heavy atom. The fourth-order valence-corrected chi connectivity index (χ4v) is 2.04. The number of hydrogen-bond donors (Lipinski definition) is 1. The average Bonchev–Trinajstić information content (AvgIpc) is 2.76. The van der Waals surface area contributed by atoms with E-state index in [9.17, 15) is 4.79 Å². The van der Waals surface area contributed by atoms with Crippen LogP contribution in [0.2, 0.25) is 0 Å². The number of carbonyl (C=O) groups is 1. The van der Waals surface area contributed by atoms with E-state index < -0.39 is 0 Å². The average molecular weight is 268 g/mol. The number of nitrogens with one attached hydrogen (secondary N) is 1. The summed E-state index contributed by atoms with van der Waals surface area (Å²) in [6.45, 7) is 0.197. The van der Waals surface area contributed by atoms with E-state index in [0.29, 0.717) is 11.6 Å². The van der Waals surface area contributed by atoms with E-state index >= 15 is 0 Å². The van der Waals surface area contributed by atoms with Crippen LogP contribution in [0.15, 0.2) is 18.2 Å². The molecule has 5 nitrogen and oxygen atoms in total. The predicted molar refractivity (Wildman–Crippen MR) is 69.9 cm³/mol. The number of amides is 1. The van der Waals surface area contributed by atoms with E-state index in [1.54, 1.807) is 18.7 Å². The predicted octanol–water partition coefficient (Wildman–Crippen LogP) is 1.53. The highest BCUT2D eigenvalue weighted by atomic mass is 35.5. The molecule has 1 N–H and O–H groups in total. The first kappa shape index (κ1) is 12.7. The number of aromatic nitrogens is 2. The van der Waals surface area contributed by atoms with Crippen LogP contribution < -0.4 is 10.1 Å². The van der Waals surface area contributed by atoms with Gasteiger partial charge in [-0.1, -0.05) is 6.07 Å². The van der Waals surface area contributed by atoms with Gasteiger partial charge >= 0.3 is 0 Å². The number of methoxy groups -OCH3 is 1. The van der Waals surface area contributed by atoms with E-state index in [0.717, 1.165) is 11.0 Å². The third kappa shape index (κ3) is 2.13. The Kier molecular flexibility index (Phi) is 3.72. The summed E-state index contributed by atoms with van der Waals surface area (Å²) >= 11 is 5.87. The van der Waals surface area contributed by atoms with Gasteiger partial charge in [-0.25, -0.2) is 4.98 Å². The monoisotopic (exact) mass is 267 g/mol. The van der Waals surface area contributed by atoms with Gasteiger partial charge in [-0.2, -0.15) is 0 Å². The third-order valence-corrected chi connectivity index (χ3v) is 2.98. The zero-order chi connectivity index (χ0) is 13.1. The lowest BCUT2D eigenvalue weighted by Gasteiger charge is -2.06. The number of nitrogens with zero attached hydrogens (tertiary/aromatic N) is 2. The van der Waals surface area contributed by atoms with Gasteiger partial charge in [-0.3, -0.25) is 4.79 Å². The summed E-state index contributed by atoms with van der Waals surface area (Å²) in [4.78, 5) is 15.9. The number of likely N-dealkylation sites (N-methyl/N-ethyl adjacent to an activating group) is 1. The molecule has 1 amide bonds. The molecule has 2 aromatic rings. The van der Waals surface area contributed by atoms with Gasteiger partial charge in [-0.05, 0) is 12.1 Å². The van der Waals surface area contributed by atoms with Crippen molar-refractivity contribution in [3.05, 3.63) is 24.0 Å². The van der Waals surface area contributed by atoms with Gasteiger partial charge in [0.15, 0.2) is 0 Å². The number of ether oxygens (including phenoxy) is 1. The van der Waals surface area contributed by atoms with E-state index in [1.165, 1.54) is 0 Å². The van der Waals surface area contributed by atoms with Crippen LogP contribution in [0.4, 0.5) is 0 Å².